The minimum Gasteiger partial charge on any atom is -0.386 e. The molecule has 1 aliphatic rings. The molecule has 0 spiro atoms. The minimum atomic E-state index is -0.845. The van der Waals surface area contributed by atoms with Gasteiger partial charge in [-0.15, -0.1) is 0 Å². The lowest BCUT2D eigenvalue weighted by molar-refractivity contribution is -0.146. The van der Waals surface area contributed by atoms with E-state index < -0.39 is 30.3 Å². The van der Waals surface area contributed by atoms with E-state index in [1.807, 2.05) is 56.1 Å². The number of likely N-dealkylation sites (N-methyl/N-ethyl adjacent to an activating group) is 1. The molecular formula is C33H55N3O6. The monoisotopic (exact) mass is 589 g/mol. The van der Waals surface area contributed by atoms with Gasteiger partial charge in [0, 0.05) is 34.2 Å². The van der Waals surface area contributed by atoms with Gasteiger partial charge in [-0.2, -0.15) is 0 Å². The number of carbonyl (C=O) groups is 3. The molecule has 1 heterocycles. The number of hydrogen-bond donors (Lipinski definition) is 2. The molecular weight excluding hydrogens is 534 g/mol. The highest BCUT2D eigenvalue weighted by Gasteiger charge is 2.42. The summed E-state index contributed by atoms with van der Waals surface area (Å²) in [5, 5.41) is 13.7. The quantitative estimate of drug-likeness (QED) is 0.299. The van der Waals surface area contributed by atoms with Crippen molar-refractivity contribution in [1.82, 2.24) is 15.1 Å². The molecule has 0 radical (unpaired) electrons. The molecule has 238 valence electrons. The van der Waals surface area contributed by atoms with Crippen LogP contribution in [0.15, 0.2) is 30.3 Å². The molecule has 3 amide bonds. The number of methoxy groups -OCH3 is 2. The number of aliphatic hydroxyl groups is 1. The van der Waals surface area contributed by atoms with Gasteiger partial charge in [-0.25, -0.2) is 0 Å². The van der Waals surface area contributed by atoms with E-state index >= 15 is 0 Å². The highest BCUT2D eigenvalue weighted by molar-refractivity contribution is 5.81. The van der Waals surface area contributed by atoms with Crippen molar-refractivity contribution in [3.05, 3.63) is 35.9 Å². The van der Waals surface area contributed by atoms with Crippen LogP contribution in [-0.4, -0.2) is 90.8 Å². The van der Waals surface area contributed by atoms with Gasteiger partial charge in [-0.1, -0.05) is 71.4 Å². The van der Waals surface area contributed by atoms with Crippen LogP contribution in [0.2, 0.25) is 0 Å². The van der Waals surface area contributed by atoms with E-state index in [0.29, 0.717) is 13.0 Å². The number of ether oxygens (including phenoxy) is 2. The van der Waals surface area contributed by atoms with Crippen LogP contribution < -0.4 is 5.32 Å². The lowest BCUT2D eigenvalue weighted by atomic mass is 9.90. The Hall–Kier alpha value is -2.49. The zero-order valence-electron chi connectivity index (χ0n) is 27.2. The van der Waals surface area contributed by atoms with E-state index in [1.165, 1.54) is 0 Å². The average molecular weight is 590 g/mol. The Kier molecular flexibility index (Phi) is 14.4. The predicted molar refractivity (Wildman–Crippen MR) is 165 cm³/mol. The van der Waals surface area contributed by atoms with Gasteiger partial charge in [0.25, 0.3) is 0 Å². The maximum absolute atomic E-state index is 13.8. The molecule has 1 aromatic rings. The smallest absolute Gasteiger partial charge is 0.225 e. The third-order valence-electron chi connectivity index (χ3n) is 8.87. The lowest BCUT2D eigenvalue weighted by Crippen LogP contribution is -2.53. The van der Waals surface area contributed by atoms with Crippen LogP contribution in [0.25, 0.3) is 0 Å². The molecule has 1 aliphatic heterocycles. The maximum Gasteiger partial charge on any atom is 0.225 e. The number of carbonyl (C=O) groups excluding carboxylic acids is 3. The molecule has 9 nitrogen and oxygen atoms in total. The van der Waals surface area contributed by atoms with Crippen molar-refractivity contribution in [2.24, 2.45) is 17.8 Å². The molecule has 1 fully saturated rings. The van der Waals surface area contributed by atoms with Crippen LogP contribution in [-0.2, 0) is 23.9 Å². The first-order valence-electron chi connectivity index (χ1n) is 15.5. The standard InChI is InChI=1S/C33H55N3O6/c1-10-22(4)30(35(7)28(37)19-21(2)3)27(41-8)20-29(38)36-18-14-17-26(36)32(42-9)23(5)33(40)34-24(6)31(39)25-15-12-11-13-16-25/h11-13,15-16,21-24,26-27,30-32,39H,10,14,17-20H2,1-9H3,(H,34,40)/t22-,23+,24?,26-,27+,30-,31+,32+/m0/s1. The molecule has 9 heteroatoms. The van der Waals surface area contributed by atoms with E-state index in [2.05, 4.69) is 19.2 Å². The molecule has 2 N–H and O–H groups in total. The zero-order chi connectivity index (χ0) is 31.6. The first kappa shape index (κ1) is 35.7. The Morgan fingerprint density at radius 2 is 1.69 bits per heavy atom. The van der Waals surface area contributed by atoms with E-state index in [0.717, 1.165) is 24.8 Å². The van der Waals surface area contributed by atoms with Crippen molar-refractivity contribution in [3.63, 3.8) is 0 Å². The topological polar surface area (TPSA) is 108 Å². The summed E-state index contributed by atoms with van der Waals surface area (Å²) in [4.78, 5) is 43.7. The largest absolute Gasteiger partial charge is 0.386 e. The molecule has 0 saturated carbocycles. The number of rotatable bonds is 16. The van der Waals surface area contributed by atoms with E-state index in [9.17, 15) is 19.5 Å². The molecule has 1 saturated heterocycles. The minimum absolute atomic E-state index is 0.0507. The fraction of sp³-hybridized carbons (Fsp3) is 0.727. The number of benzene rings is 1. The first-order valence-corrected chi connectivity index (χ1v) is 15.5. The normalized spacial score (nSPS) is 20.4. The van der Waals surface area contributed by atoms with Crippen LogP contribution in [0.4, 0.5) is 0 Å². The second-order valence-corrected chi connectivity index (χ2v) is 12.4. The Bertz CT molecular complexity index is 989. The van der Waals surface area contributed by atoms with Crippen molar-refractivity contribution in [1.29, 1.82) is 0 Å². The summed E-state index contributed by atoms with van der Waals surface area (Å²) in [5.41, 5.74) is 0.730. The maximum atomic E-state index is 13.8. The SMILES string of the molecule is CC[C@H](C)[C@@H]([C@@H](CC(=O)N1CCC[C@H]1[C@H](OC)[C@@H](C)C(=O)NC(C)[C@@H](O)c1ccccc1)OC)N(C)C(=O)CC(C)C. The second kappa shape index (κ2) is 17.0. The molecule has 1 unspecified atom stereocenters. The van der Waals surface area contributed by atoms with Gasteiger partial charge < -0.3 is 29.7 Å². The Morgan fingerprint density at radius 1 is 1.05 bits per heavy atom. The molecule has 2 rings (SSSR count). The van der Waals surface area contributed by atoms with Gasteiger partial charge in [-0.05, 0) is 37.2 Å². The van der Waals surface area contributed by atoms with Crippen molar-refractivity contribution >= 4 is 17.7 Å². The highest BCUT2D eigenvalue weighted by atomic mass is 16.5. The Morgan fingerprint density at radius 3 is 2.24 bits per heavy atom. The van der Waals surface area contributed by atoms with Crippen LogP contribution in [0, 0.1) is 17.8 Å². The second-order valence-electron chi connectivity index (χ2n) is 12.4. The third-order valence-corrected chi connectivity index (χ3v) is 8.87. The number of amides is 3. The molecule has 8 atom stereocenters. The Balaban J connectivity index is 2.15. The Labute approximate surface area is 253 Å². The fourth-order valence-electron chi connectivity index (χ4n) is 6.19. The van der Waals surface area contributed by atoms with Crippen LogP contribution >= 0.6 is 0 Å². The molecule has 0 aliphatic carbocycles. The summed E-state index contributed by atoms with van der Waals surface area (Å²) in [6.45, 7) is 12.4. The number of nitrogens with zero attached hydrogens (tertiary/aromatic N) is 2. The number of likely N-dealkylation sites (tertiary alicyclic amines) is 1. The van der Waals surface area contributed by atoms with Gasteiger partial charge in [0.2, 0.25) is 17.7 Å². The summed E-state index contributed by atoms with van der Waals surface area (Å²) in [6, 6.07) is 8.22. The van der Waals surface area contributed by atoms with Gasteiger partial charge in [0.05, 0.1) is 48.8 Å². The van der Waals surface area contributed by atoms with Crippen LogP contribution in [0.3, 0.4) is 0 Å². The third kappa shape index (κ3) is 9.25. The summed E-state index contributed by atoms with van der Waals surface area (Å²) in [5.74, 6) is -0.424. The van der Waals surface area contributed by atoms with Crippen LogP contribution in [0.5, 0.6) is 0 Å². The zero-order valence-corrected chi connectivity index (χ0v) is 27.2. The summed E-state index contributed by atoms with van der Waals surface area (Å²) in [7, 11) is 4.99. The van der Waals surface area contributed by atoms with Gasteiger partial charge in [0.15, 0.2) is 0 Å². The molecule has 0 bridgehead atoms. The lowest BCUT2D eigenvalue weighted by Gasteiger charge is -2.39. The van der Waals surface area contributed by atoms with Gasteiger partial charge in [0.1, 0.15) is 0 Å². The van der Waals surface area contributed by atoms with Gasteiger partial charge >= 0.3 is 0 Å². The summed E-state index contributed by atoms with van der Waals surface area (Å²) >= 11 is 0. The highest BCUT2D eigenvalue weighted by Crippen LogP contribution is 2.30. The first-order chi connectivity index (χ1) is 19.9. The van der Waals surface area contributed by atoms with Gasteiger partial charge in [-0.3, -0.25) is 14.4 Å². The van der Waals surface area contributed by atoms with Crippen molar-refractivity contribution in [2.45, 2.75) is 110 Å². The van der Waals surface area contributed by atoms with E-state index in [1.54, 1.807) is 33.0 Å². The molecule has 1 aromatic carbocycles. The number of hydrogen-bond acceptors (Lipinski definition) is 6. The summed E-state index contributed by atoms with van der Waals surface area (Å²) in [6.07, 6.45) is 1.15. The average Bonchev–Trinajstić information content (AvgIpc) is 3.46. The number of aliphatic hydroxyl groups excluding tert-OH is 1. The summed E-state index contributed by atoms with van der Waals surface area (Å²) < 4.78 is 11.8. The fourth-order valence-corrected chi connectivity index (χ4v) is 6.19. The van der Waals surface area contributed by atoms with E-state index in [-0.39, 0.29) is 48.1 Å². The predicted octanol–water partition coefficient (Wildman–Crippen LogP) is 4.19. The van der Waals surface area contributed by atoms with Crippen molar-refractivity contribution in [2.75, 3.05) is 27.8 Å². The van der Waals surface area contributed by atoms with Crippen molar-refractivity contribution < 1.29 is 29.0 Å². The van der Waals surface area contributed by atoms with Crippen molar-refractivity contribution in [3.8, 4) is 0 Å². The molecule has 0 aromatic heterocycles. The number of nitrogens with one attached hydrogen (secondary N) is 1. The van der Waals surface area contributed by atoms with Crippen LogP contribution in [0.1, 0.15) is 85.3 Å². The molecule has 42 heavy (non-hydrogen) atoms. The van der Waals surface area contributed by atoms with E-state index in [4.69, 9.17) is 9.47 Å².